The van der Waals surface area contributed by atoms with E-state index in [2.05, 4.69) is 16.6 Å². The number of nitrogens with zero attached hydrogens (tertiary/aromatic N) is 1. The number of nitrogens with one attached hydrogen (secondary N) is 3. The van der Waals surface area contributed by atoms with Crippen molar-refractivity contribution in [3.8, 4) is 5.75 Å². The van der Waals surface area contributed by atoms with Gasteiger partial charge in [0.25, 0.3) is 0 Å². The predicted molar refractivity (Wildman–Crippen MR) is 149 cm³/mol. The van der Waals surface area contributed by atoms with Gasteiger partial charge in [-0.25, -0.2) is 9.52 Å². The summed E-state index contributed by atoms with van der Waals surface area (Å²) in [7, 11) is -1.13. The number of ether oxygens (including phenoxy) is 1. The number of hydrogen-bond donors (Lipinski definition) is 3. The van der Waals surface area contributed by atoms with Gasteiger partial charge < -0.3 is 15.0 Å². The Morgan fingerprint density at radius 1 is 1.05 bits per heavy atom. The minimum atomic E-state index is -4.26. The zero-order valence-corrected chi connectivity index (χ0v) is 22.5. The monoisotopic (exact) mass is 538 g/mol. The number of amides is 3. The summed E-state index contributed by atoms with van der Waals surface area (Å²) in [5.74, 6) is 0.222. The van der Waals surface area contributed by atoms with E-state index in [9.17, 15) is 18.0 Å². The molecule has 1 atom stereocenters. The number of carbonyl (C=O) groups excluding carboxylic acids is 2. The third kappa shape index (κ3) is 8.81. The van der Waals surface area contributed by atoms with E-state index in [0.717, 1.165) is 30.4 Å². The van der Waals surface area contributed by atoms with Crippen molar-refractivity contribution >= 4 is 27.8 Å². The van der Waals surface area contributed by atoms with Gasteiger partial charge >= 0.3 is 16.2 Å². The summed E-state index contributed by atoms with van der Waals surface area (Å²) in [6.07, 6.45) is 8.68. The molecule has 0 unspecified atom stereocenters. The van der Waals surface area contributed by atoms with Crippen LogP contribution in [0.3, 0.4) is 0 Å². The molecule has 3 amide bonds. The first-order chi connectivity index (χ1) is 18.2. The number of rotatable bonds is 9. The first-order valence-electron chi connectivity index (χ1n) is 12.3. The molecule has 0 saturated heterocycles. The molecule has 0 heterocycles. The van der Waals surface area contributed by atoms with Crippen LogP contribution in [0.15, 0.2) is 90.7 Å². The number of carbonyl (C=O) groups is 2. The van der Waals surface area contributed by atoms with Crippen LogP contribution in [-0.2, 0) is 21.4 Å². The maximum absolute atomic E-state index is 13.4. The molecule has 3 N–H and O–H groups in total. The number of allylic oxidation sites excluding steroid dienone is 4. The van der Waals surface area contributed by atoms with Crippen LogP contribution in [0.2, 0.25) is 0 Å². The fourth-order valence-electron chi connectivity index (χ4n) is 3.90. The summed E-state index contributed by atoms with van der Waals surface area (Å²) in [6.45, 7) is 3.95. The summed E-state index contributed by atoms with van der Waals surface area (Å²) in [5, 5.41) is 2.53. The van der Waals surface area contributed by atoms with Crippen LogP contribution in [0, 0.1) is 0 Å². The third-order valence-corrected chi connectivity index (χ3v) is 6.93. The van der Waals surface area contributed by atoms with E-state index in [-0.39, 0.29) is 6.42 Å². The smallest absolute Gasteiger partial charge is 0.330 e. The lowest BCUT2D eigenvalue weighted by Crippen LogP contribution is -2.53. The Bertz CT molecular complexity index is 1290. The van der Waals surface area contributed by atoms with Gasteiger partial charge in [-0.2, -0.15) is 8.42 Å². The van der Waals surface area contributed by atoms with E-state index >= 15 is 0 Å². The Morgan fingerprint density at radius 3 is 2.45 bits per heavy atom. The second-order valence-corrected chi connectivity index (χ2v) is 10.3. The Hall–Kier alpha value is -4.05. The quantitative estimate of drug-likeness (QED) is 0.447. The molecule has 9 nitrogen and oxygen atoms in total. The number of urea groups is 1. The van der Waals surface area contributed by atoms with Crippen molar-refractivity contribution in [1.82, 2.24) is 14.8 Å². The molecule has 0 spiro atoms. The molecule has 0 bridgehead atoms. The van der Waals surface area contributed by atoms with Crippen LogP contribution in [0.25, 0.3) is 0 Å². The van der Waals surface area contributed by atoms with Crippen molar-refractivity contribution in [2.45, 2.75) is 38.1 Å². The van der Waals surface area contributed by atoms with Crippen LogP contribution in [0.5, 0.6) is 5.75 Å². The maximum Gasteiger partial charge on any atom is 0.330 e. The predicted octanol–water partition coefficient (Wildman–Crippen LogP) is 3.97. The second-order valence-electron chi connectivity index (χ2n) is 8.92. The lowest BCUT2D eigenvalue weighted by atomic mass is 10.0. The molecule has 10 heteroatoms. The number of anilines is 1. The largest absolute Gasteiger partial charge is 0.497 e. The van der Waals surface area contributed by atoms with Crippen LogP contribution < -0.4 is 24.4 Å². The lowest BCUT2D eigenvalue weighted by Gasteiger charge is -2.25. The molecule has 0 fully saturated rings. The van der Waals surface area contributed by atoms with Gasteiger partial charge in [-0.1, -0.05) is 54.6 Å². The molecular formula is C28H34N4O5S. The normalized spacial score (nSPS) is 16.9. The average Bonchev–Trinajstić information content (AvgIpc) is 2.99. The highest BCUT2D eigenvalue weighted by Crippen LogP contribution is 2.19. The third-order valence-electron chi connectivity index (χ3n) is 5.97. The van der Waals surface area contributed by atoms with Crippen LogP contribution in [-0.4, -0.2) is 40.6 Å². The highest BCUT2D eigenvalue weighted by Gasteiger charge is 2.27. The average molecular weight is 539 g/mol. The number of likely N-dealkylation sites (N-methyl/N-ethyl adjacent to an activating group) is 1. The van der Waals surface area contributed by atoms with Gasteiger partial charge in [-0.3, -0.25) is 9.52 Å². The van der Waals surface area contributed by atoms with Crippen molar-refractivity contribution in [1.29, 1.82) is 0 Å². The molecular weight excluding hydrogens is 504 g/mol. The molecule has 0 aliphatic heterocycles. The summed E-state index contributed by atoms with van der Waals surface area (Å²) >= 11 is 0. The highest BCUT2D eigenvalue weighted by atomic mass is 32.2. The van der Waals surface area contributed by atoms with E-state index < -0.39 is 28.2 Å². The maximum atomic E-state index is 13.4. The number of methoxy groups -OCH3 is 1. The highest BCUT2D eigenvalue weighted by molar-refractivity contribution is 7.88. The van der Waals surface area contributed by atoms with E-state index in [4.69, 9.17) is 4.74 Å². The Balaban J connectivity index is 1.73. The molecule has 38 heavy (non-hydrogen) atoms. The van der Waals surface area contributed by atoms with E-state index in [1.807, 2.05) is 35.1 Å². The minimum Gasteiger partial charge on any atom is -0.497 e. The van der Waals surface area contributed by atoms with Gasteiger partial charge in [0.1, 0.15) is 11.8 Å². The Labute approximate surface area is 224 Å². The fraction of sp³-hybridized carbons (Fsp3) is 0.286. The zero-order valence-electron chi connectivity index (χ0n) is 21.6. The lowest BCUT2D eigenvalue weighted by molar-refractivity contribution is -0.120. The topological polar surface area (TPSA) is 117 Å². The first kappa shape index (κ1) is 28.5. The Kier molecular flexibility index (Phi) is 10.1. The van der Waals surface area contributed by atoms with E-state index in [0.29, 0.717) is 23.6 Å². The molecule has 3 rings (SSSR count). The standard InChI is InChI=1S/C28H34N4O5S/c1-21-10-6-4-9-13-23(15-14-21)30-38(35,36)31-28(34)29-26(20-22-11-7-5-8-12-22)27(33)32(2)24-16-18-25(37-3)19-17-24/h5,7-8,11-19,26,30H,1,4,6,9-10,20H2,2-3H3,(H2,29,31,34)/b15-14-,23-13+/t26-/m0/s1. The van der Waals surface area contributed by atoms with Crippen molar-refractivity contribution in [2.75, 3.05) is 19.1 Å². The molecule has 0 aromatic heterocycles. The van der Waals surface area contributed by atoms with Crippen LogP contribution in [0.4, 0.5) is 10.5 Å². The van der Waals surface area contributed by atoms with E-state index in [1.54, 1.807) is 56.7 Å². The van der Waals surface area contributed by atoms with Gasteiger partial charge in [0.2, 0.25) is 5.91 Å². The fourth-order valence-corrected chi connectivity index (χ4v) is 4.71. The van der Waals surface area contributed by atoms with Crippen molar-refractivity contribution < 1.29 is 22.7 Å². The number of benzene rings is 2. The SMILES string of the molecule is C=C1/C=C\C(NS(=O)(=O)NC(=O)N[C@@H](Cc2ccccc2)C(=O)N(C)c2ccc(OC)cc2)=C/CCCC1. The van der Waals surface area contributed by atoms with E-state index in [1.165, 1.54) is 4.90 Å². The van der Waals surface area contributed by atoms with Crippen molar-refractivity contribution in [2.24, 2.45) is 0 Å². The molecule has 1 aliphatic carbocycles. The van der Waals surface area contributed by atoms with Crippen molar-refractivity contribution in [3.05, 3.63) is 96.2 Å². The zero-order chi connectivity index (χ0) is 27.5. The molecule has 2 aromatic carbocycles. The van der Waals surface area contributed by atoms with Crippen LogP contribution in [0.1, 0.15) is 31.2 Å². The second kappa shape index (κ2) is 13.5. The Morgan fingerprint density at radius 2 is 1.76 bits per heavy atom. The van der Waals surface area contributed by atoms with Gasteiger partial charge in [0, 0.05) is 24.9 Å². The van der Waals surface area contributed by atoms with Gasteiger partial charge in [-0.05, 0) is 61.6 Å². The summed E-state index contributed by atoms with van der Waals surface area (Å²) in [5.41, 5.74) is 2.62. The minimum absolute atomic E-state index is 0.164. The van der Waals surface area contributed by atoms with Gasteiger partial charge in [0.15, 0.2) is 0 Å². The van der Waals surface area contributed by atoms with Gasteiger partial charge in [0.05, 0.1) is 7.11 Å². The first-order valence-corrected chi connectivity index (χ1v) is 13.8. The molecule has 0 radical (unpaired) electrons. The van der Waals surface area contributed by atoms with Crippen molar-refractivity contribution in [3.63, 3.8) is 0 Å². The van der Waals surface area contributed by atoms with Gasteiger partial charge in [-0.15, -0.1) is 0 Å². The summed E-state index contributed by atoms with van der Waals surface area (Å²) in [6, 6.07) is 14.0. The molecule has 0 saturated carbocycles. The number of hydrogen-bond acceptors (Lipinski definition) is 5. The summed E-state index contributed by atoms with van der Waals surface area (Å²) < 4.78 is 34.9. The summed E-state index contributed by atoms with van der Waals surface area (Å²) in [4.78, 5) is 27.6. The molecule has 2 aromatic rings. The molecule has 202 valence electrons. The molecule has 1 aliphatic rings. The van der Waals surface area contributed by atoms with Crippen LogP contribution >= 0.6 is 0 Å².